The fraction of sp³-hybridized carbons (Fsp3) is 0.320. The summed E-state index contributed by atoms with van der Waals surface area (Å²) in [5.41, 5.74) is 1.93. The van der Waals surface area contributed by atoms with Crippen LogP contribution in [0.25, 0.3) is 0 Å². The third-order valence-corrected chi connectivity index (χ3v) is 6.53. The molecule has 2 aromatic carbocycles. The quantitative estimate of drug-likeness (QED) is 0.533. The van der Waals surface area contributed by atoms with Crippen molar-refractivity contribution in [2.75, 3.05) is 31.2 Å². The van der Waals surface area contributed by atoms with E-state index in [9.17, 15) is 9.59 Å². The first-order chi connectivity index (χ1) is 16.1. The summed E-state index contributed by atoms with van der Waals surface area (Å²) in [6.45, 7) is 2.63. The lowest BCUT2D eigenvalue weighted by Gasteiger charge is -2.33. The Labute approximate surface area is 196 Å². The number of carbonyl (C=O) groups is 1. The summed E-state index contributed by atoms with van der Waals surface area (Å²) < 4.78 is 12.5. The Bertz CT molecular complexity index is 1220. The average Bonchev–Trinajstić information content (AvgIpc) is 2.87. The molecular weight excluding hydrogens is 442 g/mol. The molecule has 1 saturated heterocycles. The minimum Gasteiger partial charge on any atom is -0.486 e. The third kappa shape index (κ3) is 4.46. The van der Waals surface area contributed by atoms with Crippen molar-refractivity contribution in [1.82, 2.24) is 9.78 Å². The molecule has 0 saturated carbocycles. The molecule has 0 bridgehead atoms. The number of Topliss-reactive ketones (excluding diaryl/α,β-unsaturated/α-hetero) is 1. The largest absolute Gasteiger partial charge is 0.486 e. The summed E-state index contributed by atoms with van der Waals surface area (Å²) in [5, 5.41) is 4.50. The van der Waals surface area contributed by atoms with Gasteiger partial charge >= 0.3 is 0 Å². The summed E-state index contributed by atoms with van der Waals surface area (Å²) in [6, 6.07) is 15.0. The molecule has 33 heavy (non-hydrogen) atoms. The van der Waals surface area contributed by atoms with Crippen LogP contribution in [0, 0.1) is 5.92 Å². The average molecular weight is 466 g/mol. The van der Waals surface area contributed by atoms with E-state index in [2.05, 4.69) is 5.10 Å². The number of fused-ring (bicyclic) bond motifs is 1. The van der Waals surface area contributed by atoms with Crippen molar-refractivity contribution in [2.45, 2.75) is 19.4 Å². The summed E-state index contributed by atoms with van der Waals surface area (Å²) in [4.78, 5) is 27.9. The fourth-order valence-corrected chi connectivity index (χ4v) is 4.63. The van der Waals surface area contributed by atoms with Gasteiger partial charge in [0.2, 0.25) is 0 Å². The van der Waals surface area contributed by atoms with Gasteiger partial charge in [0.25, 0.3) is 5.56 Å². The molecule has 0 unspecified atom stereocenters. The molecule has 0 spiro atoms. The number of piperidine rings is 1. The molecule has 1 aromatic heterocycles. The molecule has 7 nitrogen and oxygen atoms in total. The second-order valence-corrected chi connectivity index (χ2v) is 8.65. The maximum absolute atomic E-state index is 13.1. The molecule has 2 aliphatic heterocycles. The van der Waals surface area contributed by atoms with E-state index in [4.69, 9.17) is 21.1 Å². The summed E-state index contributed by atoms with van der Waals surface area (Å²) in [7, 11) is 0. The highest BCUT2D eigenvalue weighted by molar-refractivity contribution is 6.33. The van der Waals surface area contributed by atoms with Gasteiger partial charge in [0.05, 0.1) is 18.4 Å². The smallest absolute Gasteiger partial charge is 0.287 e. The number of nitrogens with zero attached hydrogens (tertiary/aromatic N) is 3. The monoisotopic (exact) mass is 465 g/mol. The Kier molecular flexibility index (Phi) is 6.05. The van der Waals surface area contributed by atoms with Crippen LogP contribution >= 0.6 is 11.6 Å². The van der Waals surface area contributed by atoms with Crippen molar-refractivity contribution in [3.05, 3.63) is 81.2 Å². The molecule has 2 aliphatic rings. The minimum absolute atomic E-state index is 0.0889. The maximum atomic E-state index is 13.1. The predicted octanol–water partition coefficient (Wildman–Crippen LogP) is 3.82. The topological polar surface area (TPSA) is 73.7 Å². The maximum Gasteiger partial charge on any atom is 0.287 e. The summed E-state index contributed by atoms with van der Waals surface area (Å²) in [6.07, 6.45) is 3.00. The highest BCUT2D eigenvalue weighted by Gasteiger charge is 2.28. The van der Waals surface area contributed by atoms with Crippen LogP contribution in [-0.2, 0) is 6.54 Å². The van der Waals surface area contributed by atoms with Crippen molar-refractivity contribution in [3.63, 3.8) is 0 Å². The van der Waals surface area contributed by atoms with E-state index in [0.717, 1.165) is 5.56 Å². The number of anilines is 1. The zero-order valence-corrected chi connectivity index (χ0v) is 18.8. The highest BCUT2D eigenvalue weighted by atomic mass is 35.5. The van der Waals surface area contributed by atoms with Crippen LogP contribution in [0.5, 0.6) is 11.5 Å². The molecule has 5 rings (SSSR count). The molecule has 8 heteroatoms. The van der Waals surface area contributed by atoms with E-state index in [-0.39, 0.29) is 22.3 Å². The van der Waals surface area contributed by atoms with Crippen LogP contribution in [0.2, 0.25) is 5.02 Å². The van der Waals surface area contributed by atoms with Crippen molar-refractivity contribution in [1.29, 1.82) is 0 Å². The van der Waals surface area contributed by atoms with Gasteiger partial charge in [-0.05, 0) is 36.6 Å². The van der Waals surface area contributed by atoms with Gasteiger partial charge in [-0.1, -0.05) is 41.9 Å². The van der Waals surface area contributed by atoms with Crippen LogP contribution in [0.4, 0.5) is 5.69 Å². The van der Waals surface area contributed by atoms with E-state index < -0.39 is 0 Å². The van der Waals surface area contributed by atoms with E-state index in [0.29, 0.717) is 68.4 Å². The number of ketones is 1. The van der Waals surface area contributed by atoms with Crippen LogP contribution in [-0.4, -0.2) is 41.9 Å². The van der Waals surface area contributed by atoms with E-state index in [1.807, 2.05) is 35.2 Å². The van der Waals surface area contributed by atoms with Gasteiger partial charge in [-0.25, -0.2) is 4.68 Å². The standard InChI is InChI=1S/C25H24ClN3O4/c26-23-20(15-27-29(25(23)31)16-17-4-2-1-3-5-17)28-10-8-18(9-11-28)24(30)19-6-7-21-22(14-19)33-13-12-32-21/h1-7,14-15,18H,8-13,16H2. The van der Waals surface area contributed by atoms with Crippen molar-refractivity contribution < 1.29 is 14.3 Å². The van der Waals surface area contributed by atoms with Crippen LogP contribution in [0.15, 0.2) is 59.5 Å². The van der Waals surface area contributed by atoms with Gasteiger partial charge in [-0.15, -0.1) is 0 Å². The van der Waals surface area contributed by atoms with E-state index in [1.165, 1.54) is 4.68 Å². The van der Waals surface area contributed by atoms with Crippen molar-refractivity contribution in [3.8, 4) is 11.5 Å². The molecule has 170 valence electrons. The summed E-state index contributed by atoms with van der Waals surface area (Å²) >= 11 is 6.45. The molecule has 3 heterocycles. The molecule has 3 aromatic rings. The number of halogens is 1. The molecule has 1 fully saturated rings. The first kappa shape index (κ1) is 21.5. The predicted molar refractivity (Wildman–Crippen MR) is 126 cm³/mol. The Balaban J connectivity index is 1.26. The second kappa shape index (κ2) is 9.27. The van der Waals surface area contributed by atoms with Crippen molar-refractivity contribution in [2.24, 2.45) is 5.92 Å². The Morgan fingerprint density at radius 2 is 1.76 bits per heavy atom. The van der Waals surface area contributed by atoms with E-state index >= 15 is 0 Å². The van der Waals surface area contributed by atoms with Gasteiger partial charge < -0.3 is 14.4 Å². The Hall–Kier alpha value is -3.32. The van der Waals surface area contributed by atoms with Gasteiger partial charge in [0.1, 0.15) is 18.2 Å². The summed E-state index contributed by atoms with van der Waals surface area (Å²) in [5.74, 6) is 1.32. The van der Waals surface area contributed by atoms with Gasteiger partial charge in [0.15, 0.2) is 17.3 Å². The van der Waals surface area contributed by atoms with E-state index in [1.54, 1.807) is 24.4 Å². The zero-order chi connectivity index (χ0) is 22.8. The molecule has 0 radical (unpaired) electrons. The lowest BCUT2D eigenvalue weighted by atomic mass is 9.88. The molecule has 0 amide bonds. The molecular formula is C25H24ClN3O4. The molecule has 0 N–H and O–H groups in total. The number of carbonyl (C=O) groups excluding carboxylic acids is 1. The number of rotatable bonds is 5. The Morgan fingerprint density at radius 3 is 2.52 bits per heavy atom. The molecule has 0 aliphatic carbocycles. The zero-order valence-electron chi connectivity index (χ0n) is 18.1. The first-order valence-electron chi connectivity index (χ1n) is 11.1. The normalized spacial score (nSPS) is 16.0. The van der Waals surface area contributed by atoms with Gasteiger partial charge in [-0.3, -0.25) is 9.59 Å². The van der Waals surface area contributed by atoms with Crippen LogP contribution in [0.1, 0.15) is 28.8 Å². The number of hydrogen-bond acceptors (Lipinski definition) is 6. The first-order valence-corrected chi connectivity index (χ1v) is 11.5. The third-order valence-electron chi connectivity index (χ3n) is 6.17. The lowest BCUT2D eigenvalue weighted by molar-refractivity contribution is 0.0899. The van der Waals surface area contributed by atoms with Crippen molar-refractivity contribution >= 4 is 23.1 Å². The number of aromatic nitrogens is 2. The number of benzene rings is 2. The highest BCUT2D eigenvalue weighted by Crippen LogP contribution is 2.33. The van der Waals surface area contributed by atoms with Crippen LogP contribution < -0.4 is 19.9 Å². The second-order valence-electron chi connectivity index (χ2n) is 8.28. The number of ether oxygens (including phenoxy) is 2. The SMILES string of the molecule is O=C(c1ccc2c(c1)OCCO2)C1CCN(c2cnn(Cc3ccccc3)c(=O)c2Cl)CC1. The number of hydrogen-bond donors (Lipinski definition) is 0. The van der Waals surface area contributed by atoms with Gasteiger partial charge in [-0.2, -0.15) is 5.10 Å². The minimum atomic E-state index is -0.313. The lowest BCUT2D eigenvalue weighted by Crippen LogP contribution is -2.38. The Morgan fingerprint density at radius 1 is 1.03 bits per heavy atom. The molecule has 0 atom stereocenters. The van der Waals surface area contributed by atoms with Crippen LogP contribution in [0.3, 0.4) is 0 Å². The fourth-order valence-electron chi connectivity index (χ4n) is 4.36. The van der Waals surface area contributed by atoms with Gasteiger partial charge in [0, 0.05) is 24.6 Å².